The minimum absolute atomic E-state index is 0.375. The summed E-state index contributed by atoms with van der Waals surface area (Å²) in [6.45, 7) is 9.94. The maximum Gasteiger partial charge on any atom is 0.0811 e. The molecule has 1 saturated carbocycles. The van der Waals surface area contributed by atoms with E-state index in [9.17, 15) is 15.3 Å². The summed E-state index contributed by atoms with van der Waals surface area (Å²) >= 11 is 0. The zero-order chi connectivity index (χ0) is 22.1. The number of allylic oxidation sites excluding steroid dienone is 3. The van der Waals surface area contributed by atoms with Crippen LogP contribution in [0, 0.1) is 0 Å². The Labute approximate surface area is 182 Å². The molecule has 0 aliphatic heterocycles. The SMILES string of the molecule is C=C1C(=CC=C(CCC)c2cccc(CCCCCC(C)(C)O)c2)C[C@@H](O)C[C@@H]1O. The summed E-state index contributed by atoms with van der Waals surface area (Å²) in [5.74, 6) is 0. The van der Waals surface area contributed by atoms with Gasteiger partial charge in [0.05, 0.1) is 17.8 Å². The second-order valence-corrected chi connectivity index (χ2v) is 9.34. The van der Waals surface area contributed by atoms with Gasteiger partial charge in [0, 0.05) is 6.42 Å². The van der Waals surface area contributed by atoms with Gasteiger partial charge < -0.3 is 15.3 Å². The average Bonchev–Trinajstić information content (AvgIpc) is 2.67. The first-order valence-corrected chi connectivity index (χ1v) is 11.5. The predicted octanol–water partition coefficient (Wildman–Crippen LogP) is 5.74. The first-order chi connectivity index (χ1) is 14.2. The summed E-state index contributed by atoms with van der Waals surface area (Å²) in [7, 11) is 0. The van der Waals surface area contributed by atoms with Crippen molar-refractivity contribution in [2.45, 2.75) is 96.4 Å². The standard InChI is InChI=1S/C27H40O3/c1-5-10-22(14-15-23-18-25(28)19-26(29)20(23)2)24-13-9-12-21(17-24)11-7-6-8-16-27(3,4)30/h9,12-15,17,25-26,28-30H,2,5-8,10-11,16,18-19H2,1,3-4H3/t25-,26+/m1/s1. The summed E-state index contributed by atoms with van der Waals surface area (Å²) in [6.07, 6.45) is 11.2. The Morgan fingerprint density at radius 1 is 1.20 bits per heavy atom. The van der Waals surface area contributed by atoms with Crippen LogP contribution >= 0.6 is 0 Å². The van der Waals surface area contributed by atoms with E-state index in [2.05, 4.69) is 43.8 Å². The molecule has 3 N–H and O–H groups in total. The summed E-state index contributed by atoms with van der Waals surface area (Å²) in [6, 6.07) is 8.77. The average molecular weight is 413 g/mol. The van der Waals surface area contributed by atoms with Gasteiger partial charge in [0.1, 0.15) is 0 Å². The molecule has 1 aromatic carbocycles. The van der Waals surface area contributed by atoms with Gasteiger partial charge in [0.15, 0.2) is 0 Å². The van der Waals surface area contributed by atoms with Crippen molar-refractivity contribution < 1.29 is 15.3 Å². The lowest BCUT2D eigenvalue weighted by molar-refractivity contribution is 0.0680. The fraction of sp³-hybridized carbons (Fsp3) is 0.556. The molecule has 0 amide bonds. The fourth-order valence-electron chi connectivity index (χ4n) is 4.04. The summed E-state index contributed by atoms with van der Waals surface area (Å²) in [5.41, 5.74) is 4.97. The van der Waals surface area contributed by atoms with E-state index in [0.717, 1.165) is 56.1 Å². The van der Waals surface area contributed by atoms with Gasteiger partial charge in [-0.3, -0.25) is 0 Å². The highest BCUT2D eigenvalue weighted by molar-refractivity contribution is 5.68. The zero-order valence-corrected chi connectivity index (χ0v) is 19.0. The third-order valence-electron chi connectivity index (χ3n) is 5.82. The van der Waals surface area contributed by atoms with Crippen LogP contribution in [0.15, 0.2) is 54.1 Å². The first-order valence-electron chi connectivity index (χ1n) is 11.5. The molecule has 30 heavy (non-hydrogen) atoms. The lowest BCUT2D eigenvalue weighted by atomic mass is 9.85. The number of aliphatic hydroxyl groups excluding tert-OH is 2. The molecule has 0 aromatic heterocycles. The molecule has 1 aromatic rings. The van der Waals surface area contributed by atoms with E-state index in [1.54, 1.807) is 0 Å². The minimum Gasteiger partial charge on any atom is -0.393 e. The van der Waals surface area contributed by atoms with Gasteiger partial charge in [-0.25, -0.2) is 0 Å². The predicted molar refractivity (Wildman–Crippen MR) is 126 cm³/mol. The topological polar surface area (TPSA) is 60.7 Å². The van der Waals surface area contributed by atoms with E-state index in [1.807, 2.05) is 19.9 Å². The largest absolute Gasteiger partial charge is 0.393 e. The molecular weight excluding hydrogens is 372 g/mol. The zero-order valence-electron chi connectivity index (χ0n) is 19.0. The lowest BCUT2D eigenvalue weighted by Crippen LogP contribution is -2.26. The van der Waals surface area contributed by atoms with Gasteiger partial charge in [-0.05, 0) is 73.8 Å². The number of hydrogen-bond acceptors (Lipinski definition) is 3. The molecule has 0 radical (unpaired) electrons. The molecule has 0 bridgehead atoms. The smallest absolute Gasteiger partial charge is 0.0811 e. The monoisotopic (exact) mass is 412 g/mol. The Bertz CT molecular complexity index is 752. The Kier molecular flexibility index (Phi) is 9.54. The second kappa shape index (κ2) is 11.6. The van der Waals surface area contributed by atoms with E-state index in [4.69, 9.17) is 0 Å². The third-order valence-corrected chi connectivity index (χ3v) is 5.82. The molecule has 166 valence electrons. The molecule has 1 aliphatic carbocycles. The molecule has 0 heterocycles. The van der Waals surface area contributed by atoms with E-state index in [0.29, 0.717) is 12.8 Å². The maximum absolute atomic E-state index is 10.1. The molecule has 0 saturated heterocycles. The van der Waals surface area contributed by atoms with Gasteiger partial charge in [-0.15, -0.1) is 0 Å². The fourth-order valence-corrected chi connectivity index (χ4v) is 4.04. The third kappa shape index (κ3) is 8.22. The molecule has 3 nitrogen and oxygen atoms in total. The van der Waals surface area contributed by atoms with E-state index < -0.39 is 17.8 Å². The Morgan fingerprint density at radius 3 is 2.67 bits per heavy atom. The number of aliphatic hydroxyl groups is 3. The highest BCUT2D eigenvalue weighted by Crippen LogP contribution is 2.29. The maximum atomic E-state index is 10.1. The number of aryl methyl sites for hydroxylation is 1. The van der Waals surface area contributed by atoms with Crippen molar-refractivity contribution in [3.63, 3.8) is 0 Å². The number of hydrogen-bond donors (Lipinski definition) is 3. The summed E-state index contributed by atoms with van der Waals surface area (Å²) in [5, 5.41) is 29.9. The van der Waals surface area contributed by atoms with Crippen LogP contribution in [0.2, 0.25) is 0 Å². The molecule has 0 spiro atoms. The Balaban J connectivity index is 2.06. The molecule has 1 fully saturated rings. The highest BCUT2D eigenvalue weighted by atomic mass is 16.3. The number of unbranched alkanes of at least 4 members (excludes halogenated alkanes) is 2. The Hall–Kier alpha value is -1.68. The van der Waals surface area contributed by atoms with Gasteiger partial charge in [-0.1, -0.05) is 69.2 Å². The quantitative estimate of drug-likeness (QED) is 0.429. The first kappa shape index (κ1) is 24.6. The molecule has 0 unspecified atom stereocenters. The van der Waals surface area contributed by atoms with Crippen molar-refractivity contribution in [1.82, 2.24) is 0 Å². The van der Waals surface area contributed by atoms with Crippen LogP contribution in [0.5, 0.6) is 0 Å². The van der Waals surface area contributed by atoms with Gasteiger partial charge in [0.25, 0.3) is 0 Å². The number of rotatable bonds is 10. The van der Waals surface area contributed by atoms with Gasteiger partial charge >= 0.3 is 0 Å². The Morgan fingerprint density at radius 2 is 1.97 bits per heavy atom. The highest BCUT2D eigenvalue weighted by Gasteiger charge is 2.24. The van der Waals surface area contributed by atoms with Crippen molar-refractivity contribution in [3.8, 4) is 0 Å². The van der Waals surface area contributed by atoms with E-state index >= 15 is 0 Å². The van der Waals surface area contributed by atoms with Crippen molar-refractivity contribution >= 4 is 5.57 Å². The lowest BCUT2D eigenvalue weighted by Gasteiger charge is -2.26. The molecule has 2 rings (SSSR count). The van der Waals surface area contributed by atoms with Crippen molar-refractivity contribution in [2.75, 3.05) is 0 Å². The second-order valence-electron chi connectivity index (χ2n) is 9.34. The van der Waals surface area contributed by atoms with Crippen LogP contribution in [-0.4, -0.2) is 33.1 Å². The number of benzene rings is 1. The van der Waals surface area contributed by atoms with Crippen LogP contribution < -0.4 is 0 Å². The van der Waals surface area contributed by atoms with E-state index in [-0.39, 0.29) is 0 Å². The van der Waals surface area contributed by atoms with Crippen LogP contribution in [0.25, 0.3) is 5.57 Å². The summed E-state index contributed by atoms with van der Waals surface area (Å²) < 4.78 is 0. The van der Waals surface area contributed by atoms with Crippen molar-refractivity contribution in [3.05, 3.63) is 65.3 Å². The van der Waals surface area contributed by atoms with Crippen LogP contribution in [0.3, 0.4) is 0 Å². The minimum atomic E-state index is -0.650. The van der Waals surface area contributed by atoms with Crippen LogP contribution in [0.1, 0.15) is 83.3 Å². The van der Waals surface area contributed by atoms with Crippen LogP contribution in [0.4, 0.5) is 0 Å². The normalized spacial score (nSPS) is 22.0. The van der Waals surface area contributed by atoms with Crippen molar-refractivity contribution in [2.24, 2.45) is 0 Å². The molecular formula is C27H40O3. The van der Waals surface area contributed by atoms with Crippen LogP contribution in [-0.2, 0) is 6.42 Å². The van der Waals surface area contributed by atoms with Gasteiger partial charge in [-0.2, -0.15) is 0 Å². The van der Waals surface area contributed by atoms with E-state index in [1.165, 1.54) is 16.7 Å². The molecule has 3 heteroatoms. The summed E-state index contributed by atoms with van der Waals surface area (Å²) in [4.78, 5) is 0. The molecule has 1 aliphatic rings. The van der Waals surface area contributed by atoms with Gasteiger partial charge in [0.2, 0.25) is 0 Å². The molecule has 2 atom stereocenters. The van der Waals surface area contributed by atoms with Crippen molar-refractivity contribution in [1.29, 1.82) is 0 Å².